The van der Waals surface area contributed by atoms with Gasteiger partial charge in [-0.2, -0.15) is 0 Å². The fraction of sp³-hybridized carbons (Fsp3) is 0.467. The molecule has 0 aliphatic carbocycles. The highest BCUT2D eigenvalue weighted by Crippen LogP contribution is 2.25. The van der Waals surface area contributed by atoms with Crippen LogP contribution in [0.5, 0.6) is 0 Å². The molecule has 2 unspecified atom stereocenters. The second-order valence-electron chi connectivity index (χ2n) is 4.32. The van der Waals surface area contributed by atoms with E-state index in [-0.39, 0.29) is 6.10 Å². The topological polar surface area (TPSA) is 18.5 Å². The summed E-state index contributed by atoms with van der Waals surface area (Å²) in [6, 6.07) is 8.28. The molecule has 2 nitrogen and oxygen atoms in total. The Morgan fingerprint density at radius 1 is 1.39 bits per heavy atom. The molecular weight excluding hydrogens is 240 g/mol. The highest BCUT2D eigenvalue weighted by atomic mass is 28.2. The van der Waals surface area contributed by atoms with Crippen LogP contribution in [0.3, 0.4) is 0 Å². The van der Waals surface area contributed by atoms with E-state index in [0.29, 0.717) is 15.3 Å². The molecule has 0 saturated heterocycles. The molecule has 1 rings (SSSR count). The summed E-state index contributed by atoms with van der Waals surface area (Å²) in [4.78, 5) is 0. The molecule has 0 bridgehead atoms. The summed E-state index contributed by atoms with van der Waals surface area (Å²) in [6.07, 6.45) is 3.01. The summed E-state index contributed by atoms with van der Waals surface area (Å²) in [5, 5.41) is 0. The van der Waals surface area contributed by atoms with Gasteiger partial charge in [-0.25, -0.2) is 0 Å². The normalized spacial score (nSPS) is 14.2. The largest absolute Gasteiger partial charge is 0.410 e. The molecule has 0 aliphatic rings. The van der Waals surface area contributed by atoms with Crippen molar-refractivity contribution < 1.29 is 9.16 Å². The van der Waals surface area contributed by atoms with E-state index in [9.17, 15) is 0 Å². The minimum Gasteiger partial charge on any atom is -0.410 e. The third-order valence-electron chi connectivity index (χ3n) is 2.76. The first-order valence-corrected chi connectivity index (χ1v) is 7.32. The lowest BCUT2D eigenvalue weighted by atomic mass is 10.0. The number of hydrogen-bond donors (Lipinski definition) is 0. The van der Waals surface area contributed by atoms with Crippen molar-refractivity contribution >= 4 is 15.8 Å². The summed E-state index contributed by atoms with van der Waals surface area (Å²) in [5.41, 5.74) is 2.83. The number of rotatable bonds is 8. The Hall–Kier alpha value is -0.903. The van der Waals surface area contributed by atoms with Crippen molar-refractivity contribution in [2.45, 2.75) is 31.9 Å². The zero-order valence-corrected chi connectivity index (χ0v) is 12.5. The average Bonchev–Trinajstić information content (AvgIpc) is 2.40. The van der Waals surface area contributed by atoms with Crippen molar-refractivity contribution in [1.82, 2.24) is 0 Å². The highest BCUT2D eigenvalue weighted by Gasteiger charge is 2.15. The molecule has 0 heterocycles. The molecule has 0 amide bonds. The van der Waals surface area contributed by atoms with Crippen molar-refractivity contribution in [2.75, 3.05) is 13.7 Å². The smallest absolute Gasteiger partial charge is 0.236 e. The molecule has 0 spiro atoms. The van der Waals surface area contributed by atoms with Gasteiger partial charge in [0.2, 0.25) is 9.76 Å². The predicted octanol–water partition coefficient (Wildman–Crippen LogP) is 3.87. The maximum atomic E-state index is 6.03. The Bertz CT molecular complexity index is 365. The quantitative estimate of drug-likeness (QED) is 0.662. The molecule has 0 fully saturated rings. The van der Waals surface area contributed by atoms with Crippen LogP contribution in [0.4, 0.5) is 0 Å². The molecule has 2 radical (unpaired) electrons. The summed E-state index contributed by atoms with van der Waals surface area (Å²) in [5.74, 6) is 0. The summed E-state index contributed by atoms with van der Waals surface area (Å²) in [6.45, 7) is 8.90. The van der Waals surface area contributed by atoms with Crippen LogP contribution in [0, 0.1) is 0 Å². The highest BCUT2D eigenvalue weighted by molar-refractivity contribution is 6.29. The lowest BCUT2D eigenvalue weighted by Gasteiger charge is -2.20. The van der Waals surface area contributed by atoms with Crippen LogP contribution in [-0.4, -0.2) is 23.5 Å². The van der Waals surface area contributed by atoms with Crippen molar-refractivity contribution in [3.8, 4) is 0 Å². The van der Waals surface area contributed by atoms with Crippen LogP contribution in [-0.2, 0) is 9.16 Å². The standard InChI is InChI=1S/C15H22O2Si/c1-5-13-9-7-8-10-14(13)15(6-2)17-18-12(3)11-16-4/h5,7-10,12,15H,1,6,11H2,2-4H3. The average molecular weight is 262 g/mol. The van der Waals surface area contributed by atoms with Gasteiger partial charge in [0.1, 0.15) is 0 Å². The van der Waals surface area contributed by atoms with E-state index < -0.39 is 0 Å². The number of benzene rings is 1. The van der Waals surface area contributed by atoms with E-state index in [1.807, 2.05) is 12.1 Å². The van der Waals surface area contributed by atoms with E-state index in [0.717, 1.165) is 18.6 Å². The van der Waals surface area contributed by atoms with Gasteiger partial charge < -0.3 is 9.16 Å². The van der Waals surface area contributed by atoms with Crippen LogP contribution in [0.1, 0.15) is 37.5 Å². The lowest BCUT2D eigenvalue weighted by molar-refractivity contribution is 0.175. The second kappa shape index (κ2) is 8.24. The zero-order chi connectivity index (χ0) is 13.4. The van der Waals surface area contributed by atoms with E-state index >= 15 is 0 Å². The minimum atomic E-state index is 0.150. The van der Waals surface area contributed by atoms with Crippen LogP contribution < -0.4 is 0 Å². The van der Waals surface area contributed by atoms with Gasteiger partial charge in [-0.1, -0.05) is 50.8 Å². The maximum Gasteiger partial charge on any atom is 0.236 e. The Kier molecular flexibility index (Phi) is 6.94. The number of methoxy groups -OCH3 is 1. The van der Waals surface area contributed by atoms with Crippen LogP contribution >= 0.6 is 0 Å². The maximum absolute atomic E-state index is 6.03. The zero-order valence-electron chi connectivity index (χ0n) is 11.5. The molecule has 2 atom stereocenters. The summed E-state index contributed by atoms with van der Waals surface area (Å²) in [7, 11) is 2.19. The van der Waals surface area contributed by atoms with Gasteiger partial charge in [0.25, 0.3) is 0 Å². The third-order valence-corrected chi connectivity index (χ3v) is 3.75. The van der Waals surface area contributed by atoms with Crippen LogP contribution in [0.15, 0.2) is 30.8 Å². The van der Waals surface area contributed by atoms with E-state index in [2.05, 4.69) is 38.6 Å². The molecule has 0 N–H and O–H groups in total. The van der Waals surface area contributed by atoms with Gasteiger partial charge in [-0.05, 0) is 23.1 Å². The minimum absolute atomic E-state index is 0.150. The monoisotopic (exact) mass is 262 g/mol. The van der Waals surface area contributed by atoms with Crippen LogP contribution in [0.25, 0.3) is 6.08 Å². The number of ether oxygens (including phenoxy) is 1. The molecular formula is C15H22O2Si. The second-order valence-corrected chi connectivity index (χ2v) is 5.78. The fourth-order valence-electron chi connectivity index (χ4n) is 1.84. The Balaban J connectivity index is 2.68. The molecule has 3 heteroatoms. The van der Waals surface area contributed by atoms with Crippen LogP contribution in [0.2, 0.25) is 5.54 Å². The van der Waals surface area contributed by atoms with Crippen molar-refractivity contribution in [3.05, 3.63) is 42.0 Å². The van der Waals surface area contributed by atoms with Gasteiger partial charge >= 0.3 is 0 Å². The summed E-state index contributed by atoms with van der Waals surface area (Å²) < 4.78 is 11.2. The Morgan fingerprint density at radius 3 is 2.72 bits per heavy atom. The van der Waals surface area contributed by atoms with Gasteiger partial charge in [0.15, 0.2) is 0 Å². The molecule has 0 saturated carbocycles. The third kappa shape index (κ3) is 4.41. The first-order chi connectivity index (χ1) is 8.72. The summed E-state index contributed by atoms with van der Waals surface area (Å²) >= 11 is 0. The first kappa shape index (κ1) is 15.2. The van der Waals surface area contributed by atoms with Gasteiger partial charge in [-0.15, -0.1) is 0 Å². The van der Waals surface area contributed by atoms with Gasteiger partial charge in [0.05, 0.1) is 6.10 Å². The fourth-order valence-corrected chi connectivity index (χ4v) is 2.76. The van der Waals surface area contributed by atoms with Crippen molar-refractivity contribution in [2.24, 2.45) is 0 Å². The van der Waals surface area contributed by atoms with E-state index in [1.165, 1.54) is 5.56 Å². The Labute approximate surface area is 113 Å². The Morgan fingerprint density at radius 2 is 2.11 bits per heavy atom. The number of hydrogen-bond acceptors (Lipinski definition) is 2. The van der Waals surface area contributed by atoms with Crippen molar-refractivity contribution in [1.29, 1.82) is 0 Å². The predicted molar refractivity (Wildman–Crippen MR) is 77.7 cm³/mol. The van der Waals surface area contributed by atoms with E-state index in [4.69, 9.17) is 9.16 Å². The molecule has 0 aromatic heterocycles. The molecule has 1 aromatic carbocycles. The SMILES string of the molecule is C=Cc1ccccc1C(CC)O[Si]C(C)COC. The van der Waals surface area contributed by atoms with Gasteiger partial charge in [0, 0.05) is 13.7 Å². The first-order valence-electron chi connectivity index (χ1n) is 6.34. The lowest BCUT2D eigenvalue weighted by Crippen LogP contribution is -2.14. The molecule has 18 heavy (non-hydrogen) atoms. The molecule has 0 aliphatic heterocycles. The molecule has 98 valence electrons. The van der Waals surface area contributed by atoms with Crippen molar-refractivity contribution in [3.63, 3.8) is 0 Å². The van der Waals surface area contributed by atoms with E-state index in [1.54, 1.807) is 7.11 Å². The van der Waals surface area contributed by atoms with Gasteiger partial charge in [-0.3, -0.25) is 0 Å². The molecule has 1 aromatic rings.